The molecule has 0 aliphatic rings. The van der Waals surface area contributed by atoms with Crippen LogP contribution in [-0.4, -0.2) is 17.5 Å². The van der Waals surface area contributed by atoms with Gasteiger partial charge in [-0.25, -0.2) is 0 Å². The Morgan fingerprint density at radius 3 is 2.29 bits per heavy atom. The molecule has 7 N–H and O–H groups in total. The quantitative estimate of drug-likeness (QED) is 0.371. The molecule has 6 nitrogen and oxygen atoms in total. The summed E-state index contributed by atoms with van der Waals surface area (Å²) in [5.41, 5.74) is 16.1. The highest BCUT2D eigenvalue weighted by Crippen LogP contribution is 2.26. The summed E-state index contributed by atoms with van der Waals surface area (Å²) in [5, 5.41) is 15.0. The van der Waals surface area contributed by atoms with E-state index in [9.17, 15) is 0 Å². The molecule has 17 heavy (non-hydrogen) atoms. The van der Waals surface area contributed by atoms with Crippen molar-refractivity contribution < 1.29 is 0 Å². The van der Waals surface area contributed by atoms with Crippen LogP contribution in [0.4, 0.5) is 0 Å². The van der Waals surface area contributed by atoms with Gasteiger partial charge >= 0.3 is 0 Å². The second-order valence-corrected chi connectivity index (χ2v) is 3.77. The van der Waals surface area contributed by atoms with Crippen molar-refractivity contribution in [2.45, 2.75) is 0 Å². The van der Waals surface area contributed by atoms with Crippen LogP contribution >= 0.6 is 23.2 Å². The number of nitrogens with zero attached hydrogens (tertiary/aromatic N) is 2. The lowest BCUT2D eigenvalue weighted by atomic mass is 10.1. The van der Waals surface area contributed by atoms with Gasteiger partial charge < -0.3 is 17.2 Å². The summed E-state index contributed by atoms with van der Waals surface area (Å²) >= 11 is 11.8. The van der Waals surface area contributed by atoms with Gasteiger partial charge in [0.2, 0.25) is 5.96 Å². The van der Waals surface area contributed by atoms with E-state index in [1.807, 2.05) is 0 Å². The fourth-order valence-corrected chi connectivity index (χ4v) is 1.44. The second-order valence-electron chi connectivity index (χ2n) is 2.99. The molecule has 0 aliphatic heterocycles. The van der Waals surface area contributed by atoms with Gasteiger partial charge in [-0.15, -0.1) is 10.2 Å². The topological polar surface area (TPSA) is 127 Å². The molecule has 0 heterocycles. The van der Waals surface area contributed by atoms with E-state index >= 15 is 0 Å². The number of halogens is 2. The number of guanidine groups is 1. The Morgan fingerprint density at radius 2 is 1.76 bits per heavy atom. The monoisotopic (exact) mass is 272 g/mol. The van der Waals surface area contributed by atoms with Crippen molar-refractivity contribution in [2.75, 3.05) is 0 Å². The summed E-state index contributed by atoms with van der Waals surface area (Å²) in [5.74, 6) is -0.568. The van der Waals surface area contributed by atoms with Crippen molar-refractivity contribution in [3.63, 3.8) is 0 Å². The maximum absolute atomic E-state index is 7.39. The average Bonchev–Trinajstić information content (AvgIpc) is 2.23. The minimum Gasteiger partial charge on any atom is -0.382 e. The van der Waals surface area contributed by atoms with Crippen LogP contribution in [0.3, 0.4) is 0 Å². The van der Waals surface area contributed by atoms with Crippen LogP contribution in [0.5, 0.6) is 0 Å². The molecule has 1 aromatic carbocycles. The lowest BCUT2D eigenvalue weighted by Crippen LogP contribution is -2.25. The van der Waals surface area contributed by atoms with Gasteiger partial charge in [0.1, 0.15) is 11.5 Å². The first-order chi connectivity index (χ1) is 7.93. The summed E-state index contributed by atoms with van der Waals surface area (Å²) in [4.78, 5) is 0. The molecule has 0 saturated heterocycles. The van der Waals surface area contributed by atoms with Crippen molar-refractivity contribution in [1.29, 1.82) is 5.41 Å². The van der Waals surface area contributed by atoms with Crippen LogP contribution in [0.15, 0.2) is 28.4 Å². The van der Waals surface area contributed by atoms with E-state index in [0.29, 0.717) is 10.6 Å². The first kappa shape index (κ1) is 13.3. The molecule has 8 heteroatoms. The van der Waals surface area contributed by atoms with Crippen LogP contribution in [-0.2, 0) is 0 Å². The highest BCUT2D eigenvalue weighted by Gasteiger charge is 2.13. The third kappa shape index (κ3) is 3.33. The number of rotatable bonds is 3. The Kier molecular flexibility index (Phi) is 4.30. The molecule has 0 aliphatic carbocycles. The SMILES string of the molecule is N=C(N)C(=NN=C(N)N)c1cccc(Cl)c1Cl. The molecule has 0 spiro atoms. The predicted molar refractivity (Wildman–Crippen MR) is 70.7 cm³/mol. The van der Waals surface area contributed by atoms with E-state index in [0.717, 1.165) is 0 Å². The van der Waals surface area contributed by atoms with E-state index in [4.69, 9.17) is 45.8 Å². The van der Waals surface area contributed by atoms with Gasteiger partial charge in [-0.05, 0) is 6.07 Å². The Morgan fingerprint density at radius 1 is 1.12 bits per heavy atom. The van der Waals surface area contributed by atoms with Crippen molar-refractivity contribution in [3.8, 4) is 0 Å². The van der Waals surface area contributed by atoms with Gasteiger partial charge in [-0.2, -0.15) is 0 Å². The van der Waals surface area contributed by atoms with Crippen molar-refractivity contribution in [3.05, 3.63) is 33.8 Å². The number of benzene rings is 1. The number of hydrogen-bond donors (Lipinski definition) is 4. The summed E-state index contributed by atoms with van der Waals surface area (Å²) in [6, 6.07) is 4.86. The Bertz CT molecular complexity index is 504. The molecule has 0 saturated carbocycles. The molecule has 1 rings (SSSR count). The fourth-order valence-electron chi connectivity index (χ4n) is 1.05. The average molecular weight is 273 g/mol. The first-order valence-corrected chi connectivity index (χ1v) is 5.14. The minimum atomic E-state index is -0.320. The highest BCUT2D eigenvalue weighted by molar-refractivity contribution is 6.51. The molecule has 0 bridgehead atoms. The largest absolute Gasteiger partial charge is 0.382 e. The van der Waals surface area contributed by atoms with E-state index < -0.39 is 0 Å². The van der Waals surface area contributed by atoms with Crippen LogP contribution in [0.2, 0.25) is 10.0 Å². The van der Waals surface area contributed by atoms with Gasteiger partial charge in [0, 0.05) is 5.56 Å². The normalized spacial score (nSPS) is 11.1. The number of amidine groups is 1. The number of nitrogens with one attached hydrogen (secondary N) is 1. The summed E-state index contributed by atoms with van der Waals surface area (Å²) in [6.45, 7) is 0. The van der Waals surface area contributed by atoms with Gasteiger partial charge in [0.25, 0.3) is 0 Å². The van der Waals surface area contributed by atoms with Gasteiger partial charge in [0.05, 0.1) is 10.0 Å². The fraction of sp³-hybridized carbons (Fsp3) is 0. The predicted octanol–water partition coefficient (Wildman–Crippen LogP) is 0.907. The summed E-state index contributed by atoms with van der Waals surface area (Å²) < 4.78 is 0. The van der Waals surface area contributed by atoms with Gasteiger partial charge in [-0.3, -0.25) is 5.41 Å². The van der Waals surface area contributed by atoms with Crippen LogP contribution < -0.4 is 17.2 Å². The molecule has 1 aromatic rings. The first-order valence-electron chi connectivity index (χ1n) is 4.39. The molecule has 0 atom stereocenters. The zero-order valence-corrected chi connectivity index (χ0v) is 10.1. The molecule has 0 radical (unpaired) electrons. The molecular weight excluding hydrogens is 263 g/mol. The Hall–Kier alpha value is -1.79. The van der Waals surface area contributed by atoms with Crippen LogP contribution in [0.25, 0.3) is 0 Å². The Labute approximate surface area is 108 Å². The van der Waals surface area contributed by atoms with E-state index in [-0.39, 0.29) is 22.5 Å². The van der Waals surface area contributed by atoms with E-state index in [1.54, 1.807) is 18.2 Å². The van der Waals surface area contributed by atoms with Crippen molar-refractivity contribution in [1.82, 2.24) is 0 Å². The lowest BCUT2D eigenvalue weighted by molar-refractivity contribution is 1.20. The maximum atomic E-state index is 7.39. The zero-order chi connectivity index (χ0) is 13.0. The smallest absolute Gasteiger partial charge is 0.211 e. The van der Waals surface area contributed by atoms with Crippen molar-refractivity contribution >= 4 is 40.7 Å². The molecule has 0 aromatic heterocycles. The van der Waals surface area contributed by atoms with Gasteiger partial charge in [0.15, 0.2) is 0 Å². The second kappa shape index (κ2) is 5.51. The lowest BCUT2D eigenvalue weighted by Gasteiger charge is -2.06. The summed E-state index contributed by atoms with van der Waals surface area (Å²) in [6.07, 6.45) is 0. The molecule has 0 fully saturated rings. The minimum absolute atomic E-state index is 0.0471. The molecule has 90 valence electrons. The molecule has 0 unspecified atom stereocenters. The van der Waals surface area contributed by atoms with E-state index in [1.165, 1.54) is 0 Å². The summed E-state index contributed by atoms with van der Waals surface area (Å²) in [7, 11) is 0. The number of hydrogen-bond acceptors (Lipinski definition) is 3. The number of nitrogens with two attached hydrogens (primary N) is 3. The molecular formula is C9H10Cl2N6. The van der Waals surface area contributed by atoms with Crippen LogP contribution in [0.1, 0.15) is 5.56 Å². The third-order valence-electron chi connectivity index (χ3n) is 1.73. The van der Waals surface area contributed by atoms with Crippen molar-refractivity contribution in [2.24, 2.45) is 27.4 Å². The van der Waals surface area contributed by atoms with E-state index in [2.05, 4.69) is 10.2 Å². The standard InChI is InChI=1S/C9H10Cl2N6/c10-5-3-1-2-4(6(5)11)7(8(12)13)16-17-9(14)15/h1-3H,(H3,12,13)(H4,14,15,17). The highest BCUT2D eigenvalue weighted by atomic mass is 35.5. The van der Waals surface area contributed by atoms with Crippen LogP contribution in [0, 0.1) is 5.41 Å². The zero-order valence-electron chi connectivity index (χ0n) is 8.61. The third-order valence-corrected chi connectivity index (χ3v) is 2.55. The Balaban J connectivity index is 3.34. The maximum Gasteiger partial charge on any atom is 0.211 e. The van der Waals surface area contributed by atoms with Gasteiger partial charge in [-0.1, -0.05) is 35.3 Å². The molecule has 0 amide bonds.